The van der Waals surface area contributed by atoms with Crippen LogP contribution in [0.3, 0.4) is 0 Å². The molecular formula is C14H18FNO2. The third kappa shape index (κ3) is 3.07. The summed E-state index contributed by atoms with van der Waals surface area (Å²) in [6.07, 6.45) is 2.72. The van der Waals surface area contributed by atoms with E-state index >= 15 is 0 Å². The average molecular weight is 251 g/mol. The van der Waals surface area contributed by atoms with Crippen LogP contribution in [0.2, 0.25) is 0 Å². The topological polar surface area (TPSA) is 49.3 Å². The van der Waals surface area contributed by atoms with Crippen LogP contribution in [0.5, 0.6) is 0 Å². The molecule has 1 aliphatic rings. The van der Waals surface area contributed by atoms with E-state index in [1.807, 2.05) is 0 Å². The Morgan fingerprint density at radius 2 is 2.22 bits per heavy atom. The number of carbonyl (C=O) groups is 1. The van der Waals surface area contributed by atoms with Gasteiger partial charge in [-0.2, -0.15) is 0 Å². The van der Waals surface area contributed by atoms with E-state index < -0.39 is 11.7 Å². The van der Waals surface area contributed by atoms with Crippen LogP contribution in [-0.2, 0) is 0 Å². The number of rotatable bonds is 2. The van der Waals surface area contributed by atoms with E-state index in [2.05, 4.69) is 5.32 Å². The second-order valence-electron chi connectivity index (χ2n) is 4.97. The number of amides is 1. The summed E-state index contributed by atoms with van der Waals surface area (Å²) >= 11 is 0. The van der Waals surface area contributed by atoms with Crippen molar-refractivity contribution < 1.29 is 14.3 Å². The minimum absolute atomic E-state index is 0.0537. The lowest BCUT2D eigenvalue weighted by atomic mass is 9.93. The van der Waals surface area contributed by atoms with Crippen molar-refractivity contribution in [2.45, 2.75) is 44.8 Å². The molecule has 3 nitrogen and oxygen atoms in total. The first kappa shape index (κ1) is 13.0. The summed E-state index contributed by atoms with van der Waals surface area (Å²) in [5, 5.41) is 12.3. The number of aliphatic hydroxyl groups is 1. The number of aliphatic hydroxyl groups excluding tert-OH is 1. The van der Waals surface area contributed by atoms with E-state index in [-0.39, 0.29) is 17.7 Å². The van der Waals surface area contributed by atoms with Gasteiger partial charge in [0.15, 0.2) is 0 Å². The molecule has 98 valence electrons. The van der Waals surface area contributed by atoms with Gasteiger partial charge in [-0.05, 0) is 50.3 Å². The van der Waals surface area contributed by atoms with Gasteiger partial charge in [0, 0.05) is 6.04 Å². The normalized spacial score (nSPS) is 23.7. The van der Waals surface area contributed by atoms with E-state index in [4.69, 9.17) is 0 Å². The number of hydrogen-bond donors (Lipinski definition) is 2. The zero-order valence-electron chi connectivity index (χ0n) is 10.4. The van der Waals surface area contributed by atoms with E-state index in [9.17, 15) is 14.3 Å². The number of halogens is 1. The van der Waals surface area contributed by atoms with Gasteiger partial charge in [-0.15, -0.1) is 0 Å². The van der Waals surface area contributed by atoms with Crippen molar-refractivity contribution in [2.24, 2.45) is 0 Å². The Morgan fingerprint density at radius 1 is 1.44 bits per heavy atom. The van der Waals surface area contributed by atoms with Crippen molar-refractivity contribution in [3.05, 3.63) is 35.1 Å². The minimum Gasteiger partial charge on any atom is -0.393 e. The second-order valence-corrected chi connectivity index (χ2v) is 4.97. The number of hydrogen-bond acceptors (Lipinski definition) is 2. The highest BCUT2D eigenvalue weighted by atomic mass is 19.1. The molecule has 1 fully saturated rings. The highest BCUT2D eigenvalue weighted by Gasteiger charge is 2.22. The first-order valence-corrected chi connectivity index (χ1v) is 6.31. The fourth-order valence-electron chi connectivity index (χ4n) is 2.36. The van der Waals surface area contributed by atoms with Crippen LogP contribution in [0.1, 0.15) is 41.6 Å². The monoisotopic (exact) mass is 251 g/mol. The van der Waals surface area contributed by atoms with Gasteiger partial charge in [0.05, 0.1) is 11.7 Å². The summed E-state index contributed by atoms with van der Waals surface area (Å²) in [5.41, 5.74) is 0.859. The molecule has 18 heavy (non-hydrogen) atoms. The van der Waals surface area contributed by atoms with E-state index in [1.165, 1.54) is 12.1 Å². The van der Waals surface area contributed by atoms with Gasteiger partial charge in [0.25, 0.3) is 5.91 Å². The van der Waals surface area contributed by atoms with Crippen molar-refractivity contribution in [1.29, 1.82) is 0 Å². The summed E-state index contributed by atoms with van der Waals surface area (Å²) in [6.45, 7) is 1.78. The van der Waals surface area contributed by atoms with Crippen LogP contribution in [0.4, 0.5) is 4.39 Å². The molecule has 2 N–H and O–H groups in total. The SMILES string of the molecule is Cc1ccc(C(=O)NC2CCCC(O)C2)c(F)c1. The molecule has 1 saturated carbocycles. The molecule has 0 radical (unpaired) electrons. The third-order valence-electron chi connectivity index (χ3n) is 3.35. The highest BCUT2D eigenvalue weighted by Crippen LogP contribution is 2.19. The lowest BCUT2D eigenvalue weighted by Crippen LogP contribution is -2.40. The van der Waals surface area contributed by atoms with Crippen LogP contribution in [0.15, 0.2) is 18.2 Å². The maximum Gasteiger partial charge on any atom is 0.254 e. The maximum absolute atomic E-state index is 13.6. The van der Waals surface area contributed by atoms with Gasteiger partial charge in [0.1, 0.15) is 5.82 Å². The molecule has 1 amide bonds. The molecule has 2 atom stereocenters. The number of carbonyl (C=O) groups excluding carboxylic acids is 1. The molecule has 0 heterocycles. The summed E-state index contributed by atoms with van der Waals surface area (Å²) in [6, 6.07) is 4.51. The fourth-order valence-corrected chi connectivity index (χ4v) is 2.36. The van der Waals surface area contributed by atoms with Gasteiger partial charge in [-0.25, -0.2) is 4.39 Å². The number of aryl methyl sites for hydroxylation is 1. The van der Waals surface area contributed by atoms with Crippen molar-refractivity contribution in [1.82, 2.24) is 5.32 Å². The lowest BCUT2D eigenvalue weighted by Gasteiger charge is -2.26. The minimum atomic E-state index is -0.496. The Kier molecular flexibility index (Phi) is 3.97. The molecule has 1 aromatic carbocycles. The van der Waals surface area contributed by atoms with Gasteiger partial charge in [0.2, 0.25) is 0 Å². The molecule has 2 unspecified atom stereocenters. The smallest absolute Gasteiger partial charge is 0.254 e. The molecule has 0 spiro atoms. The summed E-state index contributed by atoms with van der Waals surface area (Å²) in [5.74, 6) is -0.893. The Labute approximate surface area is 106 Å². The van der Waals surface area contributed by atoms with Crippen LogP contribution < -0.4 is 5.32 Å². The van der Waals surface area contributed by atoms with Crippen molar-refractivity contribution in [2.75, 3.05) is 0 Å². The van der Waals surface area contributed by atoms with Crippen LogP contribution in [-0.4, -0.2) is 23.2 Å². The average Bonchev–Trinajstić information content (AvgIpc) is 2.28. The third-order valence-corrected chi connectivity index (χ3v) is 3.35. The molecule has 1 aliphatic carbocycles. The standard InChI is InChI=1S/C14H18FNO2/c1-9-5-6-12(13(15)7-9)14(18)16-10-3-2-4-11(17)8-10/h5-7,10-11,17H,2-4,8H2,1H3,(H,16,18). The first-order valence-electron chi connectivity index (χ1n) is 6.31. The van der Waals surface area contributed by atoms with Gasteiger partial charge < -0.3 is 10.4 Å². The molecule has 0 aliphatic heterocycles. The Balaban J connectivity index is 2.03. The van der Waals surface area contributed by atoms with Crippen molar-refractivity contribution in [3.63, 3.8) is 0 Å². The van der Waals surface area contributed by atoms with Gasteiger partial charge in [-0.3, -0.25) is 4.79 Å². The zero-order chi connectivity index (χ0) is 13.1. The lowest BCUT2D eigenvalue weighted by molar-refractivity contribution is 0.0846. The molecule has 1 aromatic rings. The molecule has 2 rings (SSSR count). The van der Waals surface area contributed by atoms with Gasteiger partial charge >= 0.3 is 0 Å². The predicted molar refractivity (Wildman–Crippen MR) is 66.9 cm³/mol. The molecular weight excluding hydrogens is 233 g/mol. The van der Waals surface area contributed by atoms with Crippen LogP contribution in [0, 0.1) is 12.7 Å². The number of benzene rings is 1. The van der Waals surface area contributed by atoms with Crippen molar-refractivity contribution >= 4 is 5.91 Å². The predicted octanol–water partition coefficient (Wildman–Crippen LogP) is 2.17. The first-order chi connectivity index (χ1) is 8.56. The van der Waals surface area contributed by atoms with Gasteiger partial charge in [-0.1, -0.05) is 6.07 Å². The van der Waals surface area contributed by atoms with E-state index in [0.717, 1.165) is 24.8 Å². The summed E-state index contributed by atoms with van der Waals surface area (Å²) in [4.78, 5) is 11.9. The van der Waals surface area contributed by atoms with Crippen molar-refractivity contribution in [3.8, 4) is 0 Å². The van der Waals surface area contributed by atoms with Crippen LogP contribution in [0.25, 0.3) is 0 Å². The maximum atomic E-state index is 13.6. The molecule has 0 aromatic heterocycles. The van der Waals surface area contributed by atoms with Crippen LogP contribution >= 0.6 is 0 Å². The number of nitrogens with one attached hydrogen (secondary N) is 1. The Bertz CT molecular complexity index is 447. The van der Waals surface area contributed by atoms with E-state index in [1.54, 1.807) is 13.0 Å². The Morgan fingerprint density at radius 3 is 2.89 bits per heavy atom. The quantitative estimate of drug-likeness (QED) is 0.846. The highest BCUT2D eigenvalue weighted by molar-refractivity contribution is 5.94. The zero-order valence-corrected chi connectivity index (χ0v) is 10.4. The summed E-state index contributed by atoms with van der Waals surface area (Å²) < 4.78 is 13.6. The fraction of sp³-hybridized carbons (Fsp3) is 0.500. The largest absolute Gasteiger partial charge is 0.393 e. The van der Waals surface area contributed by atoms with E-state index in [0.29, 0.717) is 6.42 Å². The Hall–Kier alpha value is -1.42. The molecule has 0 bridgehead atoms. The summed E-state index contributed by atoms with van der Waals surface area (Å²) in [7, 11) is 0. The second kappa shape index (κ2) is 5.48. The molecule has 0 saturated heterocycles. The molecule has 4 heteroatoms.